The molecule has 3 aromatic rings. The number of aromatic nitrogens is 2. The van der Waals surface area contributed by atoms with Crippen LogP contribution >= 0.6 is 34.8 Å². The molecule has 3 rings (SSSR count). The molecule has 1 heterocycles. The van der Waals surface area contributed by atoms with Crippen LogP contribution in [-0.2, 0) is 13.2 Å². The highest BCUT2D eigenvalue weighted by atomic mass is 35.5. The Hall–Kier alpha value is -1.42. The maximum absolute atomic E-state index is 6.14. The van der Waals surface area contributed by atoms with Gasteiger partial charge in [0.1, 0.15) is 18.2 Å². The van der Waals surface area contributed by atoms with E-state index in [1.165, 1.54) is 0 Å². The fraction of sp³-hybridized carbons (Fsp3) is 0.235. The summed E-state index contributed by atoms with van der Waals surface area (Å²) >= 11 is 18.1. The van der Waals surface area contributed by atoms with Crippen LogP contribution in [0.5, 0.6) is 5.75 Å². The zero-order valence-electron chi connectivity index (χ0n) is 12.5. The lowest BCUT2D eigenvalue weighted by atomic mass is 10.3. The molecule has 0 aliphatic carbocycles. The smallest absolute Gasteiger partial charge is 0.148 e. The van der Waals surface area contributed by atoms with Crippen molar-refractivity contribution in [3.05, 3.63) is 57.3 Å². The minimum absolute atomic E-state index is 0.327. The van der Waals surface area contributed by atoms with Gasteiger partial charge in [-0.05, 0) is 42.8 Å². The second-order valence-electron chi connectivity index (χ2n) is 5.18. The van der Waals surface area contributed by atoms with Gasteiger partial charge >= 0.3 is 0 Å². The summed E-state index contributed by atoms with van der Waals surface area (Å²) in [6.07, 6.45) is 1.00. The quantitative estimate of drug-likeness (QED) is 0.552. The molecular formula is C17H15Cl3N2O. The van der Waals surface area contributed by atoms with E-state index >= 15 is 0 Å². The van der Waals surface area contributed by atoms with Gasteiger partial charge in [0.25, 0.3) is 0 Å². The molecule has 0 radical (unpaired) electrons. The lowest BCUT2D eigenvalue weighted by Crippen LogP contribution is -2.07. The molecule has 6 heteroatoms. The fourth-order valence-electron chi connectivity index (χ4n) is 2.47. The topological polar surface area (TPSA) is 27.1 Å². The van der Waals surface area contributed by atoms with Crippen LogP contribution in [0.15, 0.2) is 36.4 Å². The first-order chi connectivity index (χ1) is 11.1. The monoisotopic (exact) mass is 368 g/mol. The average molecular weight is 370 g/mol. The van der Waals surface area contributed by atoms with Crippen LogP contribution < -0.4 is 4.74 Å². The molecule has 0 amide bonds. The fourth-order valence-corrected chi connectivity index (χ4v) is 3.10. The molecule has 0 atom stereocenters. The van der Waals surface area contributed by atoms with Gasteiger partial charge in [-0.2, -0.15) is 0 Å². The van der Waals surface area contributed by atoms with Gasteiger partial charge in [0.15, 0.2) is 0 Å². The molecule has 23 heavy (non-hydrogen) atoms. The molecule has 0 aliphatic rings. The second kappa shape index (κ2) is 7.00. The number of halogens is 3. The third-order valence-corrected chi connectivity index (χ3v) is 4.25. The largest absolute Gasteiger partial charge is 0.484 e. The van der Waals surface area contributed by atoms with Crippen LogP contribution in [0.2, 0.25) is 15.1 Å². The van der Waals surface area contributed by atoms with E-state index < -0.39 is 0 Å². The lowest BCUT2D eigenvalue weighted by Gasteiger charge is -2.10. The molecule has 0 bridgehead atoms. The van der Waals surface area contributed by atoms with Gasteiger partial charge in [0, 0.05) is 16.6 Å². The van der Waals surface area contributed by atoms with Crippen molar-refractivity contribution >= 4 is 45.8 Å². The number of hydrogen-bond donors (Lipinski definition) is 0. The number of ether oxygens (including phenoxy) is 1. The molecule has 0 saturated carbocycles. The van der Waals surface area contributed by atoms with Crippen molar-refractivity contribution in [3.63, 3.8) is 0 Å². The Kier molecular flexibility index (Phi) is 5.00. The van der Waals surface area contributed by atoms with E-state index in [9.17, 15) is 0 Å². The Bertz CT molecular complexity index is 845. The zero-order chi connectivity index (χ0) is 16.4. The summed E-state index contributed by atoms with van der Waals surface area (Å²) in [5.74, 6) is 1.43. The maximum Gasteiger partial charge on any atom is 0.148 e. The van der Waals surface area contributed by atoms with Crippen molar-refractivity contribution in [1.29, 1.82) is 0 Å². The predicted molar refractivity (Wildman–Crippen MR) is 95.8 cm³/mol. The number of nitrogens with zero attached hydrogens (tertiary/aromatic N) is 2. The van der Waals surface area contributed by atoms with Crippen molar-refractivity contribution in [2.45, 2.75) is 26.5 Å². The minimum atomic E-state index is 0.327. The Morgan fingerprint density at radius 2 is 1.78 bits per heavy atom. The summed E-state index contributed by atoms with van der Waals surface area (Å²) < 4.78 is 7.97. The summed E-state index contributed by atoms with van der Waals surface area (Å²) in [7, 11) is 0. The third kappa shape index (κ3) is 3.57. The van der Waals surface area contributed by atoms with Crippen molar-refractivity contribution < 1.29 is 4.74 Å². The number of imidazole rings is 1. The van der Waals surface area contributed by atoms with Gasteiger partial charge in [0.05, 0.1) is 16.1 Å². The summed E-state index contributed by atoms with van der Waals surface area (Å²) in [4.78, 5) is 4.64. The molecule has 0 spiro atoms. The normalized spacial score (nSPS) is 11.1. The van der Waals surface area contributed by atoms with Crippen molar-refractivity contribution in [2.24, 2.45) is 0 Å². The predicted octanol–water partition coefficient (Wildman–Crippen LogP) is 5.99. The highest BCUT2D eigenvalue weighted by molar-refractivity contribution is 6.35. The van der Waals surface area contributed by atoms with Crippen LogP contribution in [0, 0.1) is 0 Å². The van der Waals surface area contributed by atoms with Gasteiger partial charge in [-0.1, -0.05) is 41.7 Å². The van der Waals surface area contributed by atoms with Crippen molar-refractivity contribution in [3.8, 4) is 5.75 Å². The van der Waals surface area contributed by atoms with Crippen LogP contribution in [0.1, 0.15) is 19.2 Å². The second-order valence-corrected chi connectivity index (χ2v) is 6.46. The first-order valence-electron chi connectivity index (χ1n) is 7.31. The third-order valence-electron chi connectivity index (χ3n) is 3.49. The molecule has 0 unspecified atom stereocenters. The number of aryl methyl sites for hydroxylation is 1. The Morgan fingerprint density at radius 1 is 1.04 bits per heavy atom. The van der Waals surface area contributed by atoms with Crippen molar-refractivity contribution in [2.75, 3.05) is 0 Å². The first-order valence-corrected chi connectivity index (χ1v) is 8.44. The van der Waals surface area contributed by atoms with E-state index in [4.69, 9.17) is 39.5 Å². The molecule has 0 fully saturated rings. The van der Waals surface area contributed by atoms with E-state index in [1.807, 2.05) is 18.2 Å². The van der Waals surface area contributed by atoms with Gasteiger partial charge in [0.2, 0.25) is 0 Å². The molecule has 3 nitrogen and oxygen atoms in total. The molecule has 0 N–H and O–H groups in total. The van der Waals surface area contributed by atoms with Gasteiger partial charge < -0.3 is 9.30 Å². The standard InChI is InChI=1S/C17H15Cl3N2O/c1-2-7-22-15-5-3-12(19)9-14(15)21-17(22)10-23-16-6-4-11(18)8-13(16)20/h3-6,8-9H,2,7,10H2,1H3. The average Bonchev–Trinajstić information content (AvgIpc) is 2.84. The maximum atomic E-state index is 6.14. The van der Waals surface area contributed by atoms with Gasteiger partial charge in [-0.3, -0.25) is 0 Å². The Balaban J connectivity index is 1.90. The van der Waals surface area contributed by atoms with E-state index in [-0.39, 0.29) is 0 Å². The van der Waals surface area contributed by atoms with Crippen molar-refractivity contribution in [1.82, 2.24) is 9.55 Å². The molecule has 2 aromatic carbocycles. The number of hydrogen-bond acceptors (Lipinski definition) is 2. The summed E-state index contributed by atoms with van der Waals surface area (Å²) in [5, 5.41) is 1.74. The van der Waals surface area contributed by atoms with E-state index in [0.29, 0.717) is 27.4 Å². The van der Waals surface area contributed by atoms with Gasteiger partial charge in [-0.25, -0.2) is 4.98 Å². The molecule has 0 saturated heterocycles. The number of benzene rings is 2. The van der Waals surface area contributed by atoms with Crippen LogP contribution in [0.25, 0.3) is 11.0 Å². The summed E-state index contributed by atoms with van der Waals surface area (Å²) in [6.45, 7) is 3.32. The molecule has 120 valence electrons. The highest BCUT2D eigenvalue weighted by Crippen LogP contribution is 2.29. The van der Waals surface area contributed by atoms with E-state index in [1.54, 1.807) is 18.2 Å². The SMILES string of the molecule is CCCn1c(COc2ccc(Cl)cc2Cl)nc2cc(Cl)ccc21. The molecule has 1 aromatic heterocycles. The number of fused-ring (bicyclic) bond motifs is 1. The lowest BCUT2D eigenvalue weighted by molar-refractivity contribution is 0.290. The van der Waals surface area contributed by atoms with Gasteiger partial charge in [-0.15, -0.1) is 0 Å². The Morgan fingerprint density at radius 3 is 2.52 bits per heavy atom. The summed E-state index contributed by atoms with van der Waals surface area (Å²) in [6, 6.07) is 10.9. The number of rotatable bonds is 5. The zero-order valence-corrected chi connectivity index (χ0v) is 14.8. The highest BCUT2D eigenvalue weighted by Gasteiger charge is 2.12. The molecule has 0 aliphatic heterocycles. The Labute approximate surface area is 149 Å². The molecular weight excluding hydrogens is 355 g/mol. The summed E-state index contributed by atoms with van der Waals surface area (Å²) in [5.41, 5.74) is 1.92. The van der Waals surface area contributed by atoms with E-state index in [2.05, 4.69) is 16.5 Å². The first kappa shape index (κ1) is 16.4. The minimum Gasteiger partial charge on any atom is -0.484 e. The van der Waals surface area contributed by atoms with Crippen LogP contribution in [0.3, 0.4) is 0 Å². The van der Waals surface area contributed by atoms with Crippen LogP contribution in [-0.4, -0.2) is 9.55 Å². The van der Waals surface area contributed by atoms with Crippen LogP contribution in [0.4, 0.5) is 0 Å². The van der Waals surface area contributed by atoms with E-state index in [0.717, 1.165) is 29.8 Å².